The zero-order valence-electron chi connectivity index (χ0n) is 10.7. The highest BCUT2D eigenvalue weighted by atomic mass is 19.1. The van der Waals surface area contributed by atoms with Gasteiger partial charge in [0.1, 0.15) is 6.67 Å². The average molecular weight is 285 g/mol. The molecule has 0 spiro atoms. The van der Waals surface area contributed by atoms with E-state index in [-0.39, 0.29) is 19.3 Å². The van der Waals surface area contributed by atoms with Crippen molar-refractivity contribution in [1.82, 2.24) is 0 Å². The van der Waals surface area contributed by atoms with Gasteiger partial charge in [0.2, 0.25) is 5.91 Å². The molecule has 0 radical (unpaired) electrons. The fraction of sp³-hybridized carbons (Fsp3) is 0.308. The van der Waals surface area contributed by atoms with E-state index in [1.54, 1.807) is 12.1 Å². The van der Waals surface area contributed by atoms with E-state index < -0.39 is 24.5 Å². The maximum absolute atomic E-state index is 11.9. The molecule has 0 atom stereocenters. The summed E-state index contributed by atoms with van der Waals surface area (Å²) in [4.78, 5) is 30.1. The number of benzene rings is 1. The predicted molar refractivity (Wildman–Crippen MR) is 68.9 cm³/mol. The topological polar surface area (TPSA) is 118 Å². The van der Waals surface area contributed by atoms with Crippen molar-refractivity contribution in [3.05, 3.63) is 35.4 Å². The van der Waals surface area contributed by atoms with Gasteiger partial charge in [0.25, 0.3) is 0 Å². The average Bonchev–Trinajstić information content (AvgIpc) is 2.38. The van der Waals surface area contributed by atoms with Crippen LogP contribution in [0.3, 0.4) is 0 Å². The lowest BCUT2D eigenvalue weighted by molar-refractivity contribution is -0.138. The number of amides is 1. The van der Waals surface area contributed by atoms with Crippen LogP contribution in [0.25, 0.3) is 0 Å². The Bertz CT molecular complexity index is 444. The molecule has 0 unspecified atom stereocenters. The SMILES string of the molecule is NC(=O)c1ccc(CF)cc1.O=C(O)CCCC(=O)O. The van der Waals surface area contributed by atoms with Crippen LogP contribution < -0.4 is 5.73 Å². The van der Waals surface area contributed by atoms with Crippen molar-refractivity contribution >= 4 is 17.8 Å². The van der Waals surface area contributed by atoms with Gasteiger partial charge in [-0.2, -0.15) is 0 Å². The van der Waals surface area contributed by atoms with E-state index in [0.717, 1.165) is 0 Å². The second-order valence-corrected chi connectivity index (χ2v) is 3.84. The van der Waals surface area contributed by atoms with Gasteiger partial charge in [-0.15, -0.1) is 0 Å². The number of nitrogens with two attached hydrogens (primary N) is 1. The van der Waals surface area contributed by atoms with Crippen molar-refractivity contribution in [2.75, 3.05) is 0 Å². The van der Waals surface area contributed by atoms with Crippen LogP contribution in [0.5, 0.6) is 0 Å². The van der Waals surface area contributed by atoms with Gasteiger partial charge in [-0.1, -0.05) is 12.1 Å². The lowest BCUT2D eigenvalue weighted by Gasteiger charge is -1.95. The second kappa shape index (κ2) is 9.48. The Balaban J connectivity index is 0.000000370. The number of hydrogen-bond acceptors (Lipinski definition) is 3. The van der Waals surface area contributed by atoms with Gasteiger partial charge >= 0.3 is 11.9 Å². The smallest absolute Gasteiger partial charge is 0.303 e. The molecule has 1 aromatic rings. The van der Waals surface area contributed by atoms with Crippen LogP contribution in [0.4, 0.5) is 4.39 Å². The minimum absolute atomic E-state index is 0.0632. The standard InChI is InChI=1S/C8H8FNO.C5H8O4/c9-5-6-1-3-7(4-2-6)8(10)11;6-4(7)2-1-3-5(8)9/h1-4H,5H2,(H2,10,11);1-3H2,(H,6,7)(H,8,9). The molecule has 1 aromatic carbocycles. The highest BCUT2D eigenvalue weighted by molar-refractivity contribution is 5.92. The third-order valence-corrected chi connectivity index (χ3v) is 2.17. The van der Waals surface area contributed by atoms with E-state index >= 15 is 0 Å². The normalized spacial score (nSPS) is 9.25. The van der Waals surface area contributed by atoms with E-state index in [4.69, 9.17) is 15.9 Å². The van der Waals surface area contributed by atoms with Crippen LogP contribution in [0.15, 0.2) is 24.3 Å². The molecule has 0 heterocycles. The molecule has 1 amide bonds. The number of carbonyl (C=O) groups is 3. The Kier molecular flexibility index (Phi) is 8.33. The molecule has 0 fully saturated rings. The van der Waals surface area contributed by atoms with Gasteiger partial charge < -0.3 is 15.9 Å². The fourth-order valence-electron chi connectivity index (χ4n) is 1.15. The molecule has 0 aromatic heterocycles. The van der Waals surface area contributed by atoms with Crippen LogP contribution in [-0.2, 0) is 16.3 Å². The van der Waals surface area contributed by atoms with Crippen molar-refractivity contribution < 1.29 is 29.0 Å². The Labute approximate surface area is 115 Å². The van der Waals surface area contributed by atoms with Crippen LogP contribution in [0, 0.1) is 0 Å². The summed E-state index contributed by atoms with van der Waals surface area (Å²) in [6, 6.07) is 6.11. The number of alkyl halides is 1. The van der Waals surface area contributed by atoms with Crippen molar-refractivity contribution in [2.45, 2.75) is 25.9 Å². The third-order valence-electron chi connectivity index (χ3n) is 2.17. The maximum Gasteiger partial charge on any atom is 0.303 e. The molecule has 7 heteroatoms. The summed E-state index contributed by atoms with van der Waals surface area (Å²) in [5.74, 6) is -2.39. The molecule has 20 heavy (non-hydrogen) atoms. The van der Waals surface area contributed by atoms with E-state index in [2.05, 4.69) is 0 Å². The summed E-state index contributed by atoms with van der Waals surface area (Å²) in [6.45, 7) is -0.515. The highest BCUT2D eigenvalue weighted by Gasteiger charge is 1.99. The summed E-state index contributed by atoms with van der Waals surface area (Å²) in [6.07, 6.45) is 0.0866. The van der Waals surface area contributed by atoms with Crippen molar-refractivity contribution in [3.63, 3.8) is 0 Å². The van der Waals surface area contributed by atoms with Crippen LogP contribution in [-0.4, -0.2) is 28.1 Å². The van der Waals surface area contributed by atoms with E-state index in [9.17, 15) is 18.8 Å². The zero-order chi connectivity index (χ0) is 15.5. The molecule has 0 aliphatic heterocycles. The van der Waals surface area contributed by atoms with Crippen molar-refractivity contribution in [3.8, 4) is 0 Å². The summed E-state index contributed by atoms with van der Waals surface area (Å²) in [5.41, 5.74) is 5.93. The summed E-state index contributed by atoms with van der Waals surface area (Å²) in [5, 5.41) is 16.1. The van der Waals surface area contributed by atoms with E-state index in [1.165, 1.54) is 12.1 Å². The number of carboxylic acid groups (broad SMARTS) is 2. The number of aliphatic carboxylic acids is 2. The van der Waals surface area contributed by atoms with Gasteiger partial charge in [0.15, 0.2) is 0 Å². The fourth-order valence-corrected chi connectivity index (χ4v) is 1.15. The van der Waals surface area contributed by atoms with Gasteiger partial charge in [0.05, 0.1) is 0 Å². The first-order valence-corrected chi connectivity index (χ1v) is 5.75. The van der Waals surface area contributed by atoms with E-state index in [0.29, 0.717) is 11.1 Å². The summed E-state index contributed by atoms with van der Waals surface area (Å²) < 4.78 is 11.9. The van der Waals surface area contributed by atoms with E-state index in [1.807, 2.05) is 0 Å². The number of hydrogen-bond donors (Lipinski definition) is 3. The second-order valence-electron chi connectivity index (χ2n) is 3.84. The molecule has 1 rings (SSSR count). The Hall–Kier alpha value is -2.44. The summed E-state index contributed by atoms with van der Waals surface area (Å²) >= 11 is 0. The third kappa shape index (κ3) is 8.62. The first-order valence-electron chi connectivity index (χ1n) is 5.75. The van der Waals surface area contributed by atoms with Crippen molar-refractivity contribution in [2.24, 2.45) is 5.73 Å². The van der Waals surface area contributed by atoms with Crippen molar-refractivity contribution in [1.29, 1.82) is 0 Å². The predicted octanol–water partition coefficient (Wildman–Crippen LogP) is 1.58. The molecule has 0 aliphatic carbocycles. The van der Waals surface area contributed by atoms with Gasteiger partial charge in [0, 0.05) is 18.4 Å². The molecule has 4 N–H and O–H groups in total. The molecule has 0 bridgehead atoms. The minimum atomic E-state index is -0.948. The van der Waals surface area contributed by atoms with Crippen LogP contribution in [0.1, 0.15) is 35.2 Å². The number of carboxylic acids is 2. The molecule has 0 saturated carbocycles. The molecule has 0 saturated heterocycles. The number of carbonyl (C=O) groups excluding carboxylic acids is 1. The lowest BCUT2D eigenvalue weighted by Crippen LogP contribution is -2.10. The number of primary amides is 1. The quantitative estimate of drug-likeness (QED) is 0.733. The molecule has 110 valence electrons. The van der Waals surface area contributed by atoms with Gasteiger partial charge in [-0.25, -0.2) is 4.39 Å². The van der Waals surface area contributed by atoms with Gasteiger partial charge in [-0.3, -0.25) is 14.4 Å². The number of rotatable bonds is 6. The zero-order valence-corrected chi connectivity index (χ0v) is 10.7. The van der Waals surface area contributed by atoms with Crippen LogP contribution >= 0.6 is 0 Å². The molecular formula is C13H16FNO5. The first-order chi connectivity index (χ1) is 9.36. The monoisotopic (exact) mass is 285 g/mol. The Morgan fingerprint density at radius 1 is 1.00 bits per heavy atom. The lowest BCUT2D eigenvalue weighted by atomic mass is 10.1. The molecule has 0 aliphatic rings. The maximum atomic E-state index is 11.9. The highest BCUT2D eigenvalue weighted by Crippen LogP contribution is 2.04. The van der Waals surface area contributed by atoms with Crippen LogP contribution in [0.2, 0.25) is 0 Å². The molecule has 6 nitrogen and oxygen atoms in total. The molecular weight excluding hydrogens is 269 g/mol. The number of halogens is 1. The minimum Gasteiger partial charge on any atom is -0.481 e. The largest absolute Gasteiger partial charge is 0.481 e. The first kappa shape index (κ1) is 17.6. The Morgan fingerprint density at radius 3 is 1.75 bits per heavy atom. The summed E-state index contributed by atoms with van der Waals surface area (Å²) in [7, 11) is 0. The Morgan fingerprint density at radius 2 is 1.45 bits per heavy atom. The van der Waals surface area contributed by atoms with Gasteiger partial charge in [-0.05, 0) is 24.1 Å².